The fourth-order valence-electron chi connectivity index (χ4n) is 2.14. The number of hydrogen-bond donors (Lipinski definition) is 3. The van der Waals surface area contributed by atoms with Crippen molar-refractivity contribution in [1.82, 2.24) is 5.32 Å². The molecule has 3 amide bonds. The summed E-state index contributed by atoms with van der Waals surface area (Å²) in [7, 11) is 0. The molecular weight excluding hydrogens is 350 g/mol. The van der Waals surface area contributed by atoms with Gasteiger partial charge in [-0.2, -0.15) is 0 Å². The zero-order chi connectivity index (χ0) is 18.9. The largest absolute Gasteiger partial charge is 0.334 e. The fraction of sp³-hybridized carbons (Fsp3) is 0.211. The predicted octanol–water partition coefficient (Wildman–Crippen LogP) is 3.97. The molecule has 0 aliphatic carbocycles. The van der Waals surface area contributed by atoms with Crippen molar-refractivity contribution in [1.29, 1.82) is 0 Å². The van der Waals surface area contributed by atoms with Gasteiger partial charge in [-0.25, -0.2) is 4.79 Å². The van der Waals surface area contributed by atoms with E-state index in [9.17, 15) is 14.4 Å². The Kier molecular flexibility index (Phi) is 7.11. The fourth-order valence-corrected chi connectivity index (χ4v) is 2.97. The molecule has 1 heterocycles. The standard InChI is InChI=1S/C19H21N3O3S/c1-3-12-20-19(25)22-15-7-5-14(6-8-15)21-18(24)11-9-16(23)17-10-4-13(2)26-17/h3-8,10H,1,9,11-12H2,2H3,(H,21,24)(H2,20,22,25). The van der Waals surface area contributed by atoms with Gasteiger partial charge in [0, 0.05) is 35.6 Å². The van der Waals surface area contributed by atoms with Crippen molar-refractivity contribution < 1.29 is 14.4 Å². The molecule has 136 valence electrons. The van der Waals surface area contributed by atoms with Gasteiger partial charge in [0.1, 0.15) is 0 Å². The maximum atomic E-state index is 12.0. The highest BCUT2D eigenvalue weighted by Crippen LogP contribution is 2.18. The Labute approximate surface area is 156 Å². The van der Waals surface area contributed by atoms with Crippen LogP contribution in [0.25, 0.3) is 0 Å². The molecule has 0 radical (unpaired) electrons. The van der Waals surface area contributed by atoms with Crippen molar-refractivity contribution in [2.45, 2.75) is 19.8 Å². The summed E-state index contributed by atoms with van der Waals surface area (Å²) in [6.45, 7) is 5.84. The molecule has 6 nitrogen and oxygen atoms in total. The molecule has 0 atom stereocenters. The highest BCUT2D eigenvalue weighted by molar-refractivity contribution is 7.14. The second kappa shape index (κ2) is 9.53. The zero-order valence-electron chi connectivity index (χ0n) is 14.5. The number of rotatable bonds is 8. The summed E-state index contributed by atoms with van der Waals surface area (Å²) in [6.07, 6.45) is 1.89. The van der Waals surface area contributed by atoms with Crippen LogP contribution in [-0.2, 0) is 4.79 Å². The number of thiophene rings is 1. The average molecular weight is 371 g/mol. The minimum atomic E-state index is -0.330. The first-order valence-electron chi connectivity index (χ1n) is 8.13. The smallest absolute Gasteiger partial charge is 0.319 e. The number of ketones is 1. The maximum absolute atomic E-state index is 12.0. The van der Waals surface area contributed by atoms with Gasteiger partial charge in [0.2, 0.25) is 5.91 Å². The normalized spacial score (nSPS) is 10.0. The summed E-state index contributed by atoms with van der Waals surface area (Å²) < 4.78 is 0. The molecule has 7 heteroatoms. The summed E-state index contributed by atoms with van der Waals surface area (Å²) in [5.74, 6) is -0.251. The van der Waals surface area contributed by atoms with E-state index in [0.717, 1.165) is 4.88 Å². The van der Waals surface area contributed by atoms with Crippen LogP contribution in [0.2, 0.25) is 0 Å². The van der Waals surface area contributed by atoms with Gasteiger partial charge in [-0.05, 0) is 43.3 Å². The molecular formula is C19H21N3O3S. The lowest BCUT2D eigenvalue weighted by Crippen LogP contribution is -2.28. The quantitative estimate of drug-likeness (QED) is 0.485. The molecule has 0 saturated carbocycles. The van der Waals surface area contributed by atoms with E-state index < -0.39 is 0 Å². The SMILES string of the molecule is C=CCNC(=O)Nc1ccc(NC(=O)CCC(=O)c2ccc(C)s2)cc1. The molecule has 1 aromatic carbocycles. The number of hydrogen-bond acceptors (Lipinski definition) is 4. The highest BCUT2D eigenvalue weighted by atomic mass is 32.1. The van der Waals surface area contributed by atoms with Crippen LogP contribution in [0, 0.1) is 6.92 Å². The third-order valence-electron chi connectivity index (χ3n) is 3.43. The number of urea groups is 1. The minimum Gasteiger partial charge on any atom is -0.334 e. The van der Waals surface area contributed by atoms with Gasteiger partial charge < -0.3 is 16.0 Å². The predicted molar refractivity (Wildman–Crippen MR) is 105 cm³/mol. The lowest BCUT2D eigenvalue weighted by atomic mass is 10.2. The summed E-state index contributed by atoms with van der Waals surface area (Å²) in [6, 6.07) is 10.1. The van der Waals surface area contributed by atoms with Gasteiger partial charge in [-0.1, -0.05) is 6.08 Å². The number of aryl methyl sites for hydroxylation is 1. The molecule has 0 bridgehead atoms. The van der Waals surface area contributed by atoms with Crippen molar-refractivity contribution in [3.05, 3.63) is 58.8 Å². The van der Waals surface area contributed by atoms with Gasteiger partial charge in [-0.15, -0.1) is 17.9 Å². The third kappa shape index (κ3) is 6.18. The van der Waals surface area contributed by atoms with Crippen LogP contribution in [0.1, 0.15) is 27.4 Å². The third-order valence-corrected chi connectivity index (χ3v) is 4.47. The molecule has 0 aliphatic rings. The van der Waals surface area contributed by atoms with E-state index in [1.54, 1.807) is 36.4 Å². The summed E-state index contributed by atoms with van der Waals surface area (Å²) in [5.41, 5.74) is 1.21. The number of amides is 3. The Bertz CT molecular complexity index is 797. The summed E-state index contributed by atoms with van der Waals surface area (Å²) in [5, 5.41) is 8.00. The zero-order valence-corrected chi connectivity index (χ0v) is 15.3. The lowest BCUT2D eigenvalue weighted by molar-refractivity contribution is -0.116. The second-order valence-electron chi connectivity index (χ2n) is 5.58. The summed E-state index contributed by atoms with van der Waals surface area (Å²) in [4.78, 5) is 37.3. The molecule has 0 saturated heterocycles. The monoisotopic (exact) mass is 371 g/mol. The molecule has 0 spiro atoms. The van der Waals surface area contributed by atoms with Gasteiger partial charge in [0.25, 0.3) is 0 Å². The van der Waals surface area contributed by atoms with Crippen molar-refractivity contribution in [2.75, 3.05) is 17.2 Å². The van der Waals surface area contributed by atoms with Crippen molar-refractivity contribution in [3.63, 3.8) is 0 Å². The topological polar surface area (TPSA) is 87.3 Å². The molecule has 3 N–H and O–H groups in total. The van der Waals surface area contributed by atoms with Gasteiger partial charge in [0.15, 0.2) is 5.78 Å². The van der Waals surface area contributed by atoms with Crippen molar-refractivity contribution in [2.24, 2.45) is 0 Å². The van der Waals surface area contributed by atoms with E-state index in [-0.39, 0.29) is 30.6 Å². The molecule has 26 heavy (non-hydrogen) atoms. The molecule has 1 aromatic heterocycles. The Hall–Kier alpha value is -2.93. The molecule has 2 aromatic rings. The van der Waals surface area contributed by atoms with Crippen molar-refractivity contribution >= 4 is 40.4 Å². The van der Waals surface area contributed by atoms with Gasteiger partial charge in [-0.3, -0.25) is 9.59 Å². The highest BCUT2D eigenvalue weighted by Gasteiger charge is 2.11. The molecule has 0 unspecified atom stereocenters. The number of anilines is 2. The van der Waals surface area contributed by atoms with Gasteiger partial charge in [0.05, 0.1) is 4.88 Å². The Balaban J connectivity index is 1.78. The lowest BCUT2D eigenvalue weighted by Gasteiger charge is -2.08. The van der Waals surface area contributed by atoms with E-state index >= 15 is 0 Å². The van der Waals surface area contributed by atoms with Gasteiger partial charge >= 0.3 is 6.03 Å². The van der Waals surface area contributed by atoms with Crippen LogP contribution in [0.5, 0.6) is 0 Å². The number of nitrogens with one attached hydrogen (secondary N) is 3. The first kappa shape index (κ1) is 19.4. The molecule has 0 fully saturated rings. The molecule has 2 rings (SSSR count). The average Bonchev–Trinajstić information content (AvgIpc) is 3.06. The van der Waals surface area contributed by atoms with E-state index in [1.807, 2.05) is 13.0 Å². The van der Waals surface area contributed by atoms with E-state index in [4.69, 9.17) is 0 Å². The Morgan fingerprint density at radius 2 is 1.65 bits per heavy atom. The molecule has 0 aliphatic heterocycles. The minimum absolute atomic E-state index is 0.0247. The van der Waals surface area contributed by atoms with Crippen LogP contribution in [0.4, 0.5) is 16.2 Å². The first-order chi connectivity index (χ1) is 12.5. The maximum Gasteiger partial charge on any atom is 0.319 e. The summed E-state index contributed by atoms with van der Waals surface area (Å²) >= 11 is 1.44. The van der Waals surface area contributed by atoms with E-state index in [1.165, 1.54) is 11.3 Å². The second-order valence-corrected chi connectivity index (χ2v) is 6.87. The Morgan fingerprint density at radius 1 is 1.00 bits per heavy atom. The van der Waals surface area contributed by atoms with Crippen molar-refractivity contribution in [3.8, 4) is 0 Å². The Morgan fingerprint density at radius 3 is 2.23 bits per heavy atom. The van der Waals surface area contributed by atoms with Crippen LogP contribution >= 0.6 is 11.3 Å². The van der Waals surface area contributed by atoms with Crippen LogP contribution in [0.3, 0.4) is 0 Å². The van der Waals surface area contributed by atoms with E-state index in [2.05, 4.69) is 22.5 Å². The van der Waals surface area contributed by atoms with E-state index in [0.29, 0.717) is 22.8 Å². The van der Waals surface area contributed by atoms with Crippen LogP contribution in [0.15, 0.2) is 49.1 Å². The number of carbonyl (C=O) groups excluding carboxylic acids is 3. The first-order valence-corrected chi connectivity index (χ1v) is 8.95. The number of Topliss-reactive ketones (excluding diaryl/α,β-unsaturated/α-hetero) is 1. The number of benzene rings is 1. The van der Waals surface area contributed by atoms with Crippen LogP contribution in [-0.4, -0.2) is 24.3 Å². The number of carbonyl (C=O) groups is 3. The van der Waals surface area contributed by atoms with Crippen LogP contribution < -0.4 is 16.0 Å².